The Hall–Kier alpha value is -0.630. The molecule has 0 aliphatic carbocycles. The number of hydrogen-bond donors (Lipinski definition) is 0. The van der Waals surface area contributed by atoms with Crippen LogP contribution in [0.1, 0.15) is 20.8 Å². The largest absolute Gasteiger partial charge is 0.445 e. The van der Waals surface area contributed by atoms with Crippen LogP contribution in [0.4, 0.5) is 4.79 Å². The standard InChI is InChI=1S/C11H15Cl3N4O2S/c1-10(2,3)8(18-7-5-6-15-18)16-20-9(19)17(4)21-11(12,13)14/h5-7H,1-4H3. The van der Waals surface area contributed by atoms with E-state index in [1.807, 2.05) is 20.8 Å². The van der Waals surface area contributed by atoms with Crippen molar-refractivity contribution >= 4 is 58.7 Å². The third kappa shape index (κ3) is 6.34. The summed E-state index contributed by atoms with van der Waals surface area (Å²) in [7, 11) is 1.41. The molecule has 21 heavy (non-hydrogen) atoms. The molecule has 0 radical (unpaired) electrons. The van der Waals surface area contributed by atoms with Crippen molar-refractivity contribution in [3.63, 3.8) is 0 Å². The summed E-state index contributed by atoms with van der Waals surface area (Å²) in [4.78, 5) is 16.7. The molecular weight excluding hydrogens is 359 g/mol. The maximum Gasteiger partial charge on any atom is 0.445 e. The minimum absolute atomic E-state index is 0.382. The molecular formula is C11H15Cl3N4O2S. The number of aromatic nitrogens is 2. The molecule has 0 saturated carbocycles. The molecule has 0 spiro atoms. The average Bonchev–Trinajstić information content (AvgIpc) is 2.78. The van der Waals surface area contributed by atoms with Gasteiger partial charge in [0.15, 0.2) is 5.84 Å². The fourth-order valence-electron chi connectivity index (χ4n) is 1.25. The number of carbonyl (C=O) groups excluding carboxylic acids is 1. The van der Waals surface area contributed by atoms with Gasteiger partial charge in [-0.1, -0.05) is 60.7 Å². The smallest absolute Gasteiger partial charge is 0.295 e. The molecule has 0 fully saturated rings. The minimum atomic E-state index is -1.66. The van der Waals surface area contributed by atoms with Crippen LogP contribution in [0.25, 0.3) is 0 Å². The third-order valence-corrected chi connectivity index (χ3v) is 3.35. The first-order chi connectivity index (χ1) is 9.50. The van der Waals surface area contributed by atoms with Crippen molar-refractivity contribution in [2.24, 2.45) is 10.6 Å². The lowest BCUT2D eigenvalue weighted by molar-refractivity contribution is 0.135. The van der Waals surface area contributed by atoms with Gasteiger partial charge in [-0.25, -0.2) is 13.8 Å². The Kier molecular flexibility index (Phi) is 6.22. The summed E-state index contributed by atoms with van der Waals surface area (Å²) in [5.74, 6) is 0.466. The van der Waals surface area contributed by atoms with E-state index in [1.54, 1.807) is 18.5 Å². The van der Waals surface area contributed by atoms with E-state index in [0.717, 1.165) is 4.31 Å². The number of rotatable bonds is 2. The van der Waals surface area contributed by atoms with Crippen LogP contribution in [0.15, 0.2) is 23.6 Å². The van der Waals surface area contributed by atoms with Crippen LogP contribution in [-0.2, 0) is 4.84 Å². The number of oxime groups is 1. The Morgan fingerprint density at radius 3 is 2.43 bits per heavy atom. The SMILES string of the molecule is CN(SC(Cl)(Cl)Cl)C(=O)ON=C(n1cccn1)C(C)(C)C. The predicted octanol–water partition coefficient (Wildman–Crippen LogP) is 4.14. The fourth-order valence-corrected chi connectivity index (χ4v) is 2.60. The van der Waals surface area contributed by atoms with Gasteiger partial charge in [-0.2, -0.15) is 5.10 Å². The maximum atomic E-state index is 11.8. The second-order valence-corrected chi connectivity index (χ2v) is 9.30. The molecule has 0 bridgehead atoms. The summed E-state index contributed by atoms with van der Waals surface area (Å²) in [6.07, 6.45) is 2.55. The molecule has 0 unspecified atom stereocenters. The second kappa shape index (κ2) is 7.09. The van der Waals surface area contributed by atoms with E-state index in [4.69, 9.17) is 39.6 Å². The molecule has 118 valence electrons. The minimum Gasteiger partial charge on any atom is -0.295 e. The summed E-state index contributed by atoms with van der Waals surface area (Å²) in [5.41, 5.74) is -0.382. The van der Waals surface area contributed by atoms with Crippen molar-refractivity contribution in [3.05, 3.63) is 18.5 Å². The van der Waals surface area contributed by atoms with Crippen molar-refractivity contribution in [3.8, 4) is 0 Å². The number of carbonyl (C=O) groups is 1. The number of halogens is 3. The Bertz CT molecular complexity index is 509. The summed E-state index contributed by atoms with van der Waals surface area (Å²) < 4.78 is 0.904. The molecule has 0 aromatic carbocycles. The Morgan fingerprint density at radius 2 is 2.00 bits per heavy atom. The summed E-state index contributed by atoms with van der Waals surface area (Å²) in [5, 5.41) is 7.95. The van der Waals surface area contributed by atoms with Crippen LogP contribution in [0.3, 0.4) is 0 Å². The molecule has 0 atom stereocenters. The fraction of sp³-hybridized carbons (Fsp3) is 0.545. The zero-order valence-corrected chi connectivity index (χ0v) is 15.0. The van der Waals surface area contributed by atoms with E-state index >= 15 is 0 Å². The highest BCUT2D eigenvalue weighted by atomic mass is 35.6. The van der Waals surface area contributed by atoms with E-state index in [1.165, 1.54) is 11.7 Å². The van der Waals surface area contributed by atoms with Crippen LogP contribution >= 0.6 is 46.8 Å². The van der Waals surface area contributed by atoms with Crippen LogP contribution in [-0.4, -0.2) is 36.2 Å². The normalized spacial score (nSPS) is 13.2. The van der Waals surface area contributed by atoms with Gasteiger partial charge in [0.05, 0.1) is 0 Å². The zero-order valence-electron chi connectivity index (χ0n) is 11.9. The molecule has 1 rings (SSSR count). The van der Waals surface area contributed by atoms with Crippen LogP contribution in [0.2, 0.25) is 0 Å². The van der Waals surface area contributed by atoms with E-state index in [-0.39, 0.29) is 5.41 Å². The van der Waals surface area contributed by atoms with Crippen molar-refractivity contribution in [2.75, 3.05) is 7.05 Å². The molecule has 0 aliphatic heterocycles. The highest BCUT2D eigenvalue weighted by molar-refractivity contribution is 8.03. The monoisotopic (exact) mass is 372 g/mol. The molecule has 1 amide bonds. The molecule has 10 heteroatoms. The first kappa shape index (κ1) is 18.4. The summed E-state index contributed by atoms with van der Waals surface area (Å²) >= 11 is 17.4. The van der Waals surface area contributed by atoms with Gasteiger partial charge in [0, 0.05) is 36.8 Å². The quantitative estimate of drug-likeness (QED) is 0.195. The van der Waals surface area contributed by atoms with E-state index < -0.39 is 9.22 Å². The van der Waals surface area contributed by atoms with Gasteiger partial charge >= 0.3 is 6.09 Å². The van der Waals surface area contributed by atoms with Gasteiger partial charge in [-0.15, -0.1) is 0 Å². The predicted molar refractivity (Wildman–Crippen MR) is 86.6 cm³/mol. The van der Waals surface area contributed by atoms with E-state index in [0.29, 0.717) is 17.8 Å². The Morgan fingerprint density at radius 1 is 1.38 bits per heavy atom. The first-order valence-corrected chi connectivity index (χ1v) is 7.70. The molecule has 0 N–H and O–H groups in total. The molecule has 1 aromatic heterocycles. The van der Waals surface area contributed by atoms with Crippen LogP contribution in [0.5, 0.6) is 0 Å². The summed E-state index contributed by atoms with van der Waals surface area (Å²) in [6, 6.07) is 1.74. The lowest BCUT2D eigenvalue weighted by Gasteiger charge is -2.21. The molecule has 0 saturated heterocycles. The Balaban J connectivity index is 2.82. The van der Waals surface area contributed by atoms with Gasteiger partial charge in [-0.05, 0) is 6.07 Å². The maximum absolute atomic E-state index is 11.8. The highest BCUT2D eigenvalue weighted by Gasteiger charge is 2.28. The van der Waals surface area contributed by atoms with Gasteiger partial charge in [0.2, 0.25) is 0 Å². The molecule has 1 heterocycles. The molecule has 6 nitrogen and oxygen atoms in total. The molecule has 0 aliphatic rings. The van der Waals surface area contributed by atoms with Gasteiger partial charge in [0.1, 0.15) is 0 Å². The van der Waals surface area contributed by atoms with Gasteiger partial charge in [0.25, 0.3) is 3.12 Å². The highest BCUT2D eigenvalue weighted by Crippen LogP contribution is 2.40. The lowest BCUT2D eigenvalue weighted by atomic mass is 9.95. The van der Waals surface area contributed by atoms with Crippen molar-refractivity contribution in [1.82, 2.24) is 14.1 Å². The number of hydrogen-bond acceptors (Lipinski definition) is 5. The number of amides is 1. The van der Waals surface area contributed by atoms with Crippen LogP contribution in [0, 0.1) is 5.41 Å². The lowest BCUT2D eigenvalue weighted by Crippen LogP contribution is -2.30. The zero-order chi connectivity index (χ0) is 16.3. The van der Waals surface area contributed by atoms with Gasteiger partial charge in [-0.3, -0.25) is 4.84 Å². The van der Waals surface area contributed by atoms with Crippen molar-refractivity contribution in [2.45, 2.75) is 23.9 Å². The van der Waals surface area contributed by atoms with E-state index in [9.17, 15) is 4.79 Å². The van der Waals surface area contributed by atoms with E-state index in [2.05, 4.69) is 10.3 Å². The second-order valence-electron chi connectivity index (χ2n) is 5.01. The van der Waals surface area contributed by atoms with Crippen molar-refractivity contribution in [1.29, 1.82) is 0 Å². The van der Waals surface area contributed by atoms with Crippen molar-refractivity contribution < 1.29 is 9.63 Å². The average molecular weight is 374 g/mol. The van der Waals surface area contributed by atoms with Crippen LogP contribution < -0.4 is 0 Å². The topological polar surface area (TPSA) is 59.7 Å². The first-order valence-electron chi connectivity index (χ1n) is 5.80. The van der Waals surface area contributed by atoms with Gasteiger partial charge < -0.3 is 0 Å². The molecule has 1 aromatic rings. The summed E-state index contributed by atoms with van der Waals surface area (Å²) in [6.45, 7) is 5.75. The third-order valence-electron chi connectivity index (χ3n) is 2.10. The number of alkyl halides is 3. The Labute approximate surface area is 142 Å². The number of nitrogens with zero attached hydrogens (tertiary/aromatic N) is 4.